The zero-order valence-corrected chi connectivity index (χ0v) is 12.1. The van der Waals surface area contributed by atoms with Gasteiger partial charge in [0.05, 0.1) is 11.4 Å². The minimum atomic E-state index is -0.186. The van der Waals surface area contributed by atoms with Crippen molar-refractivity contribution < 1.29 is 9.59 Å². The van der Waals surface area contributed by atoms with Crippen LogP contribution in [0.4, 0.5) is 0 Å². The first kappa shape index (κ1) is 15.4. The van der Waals surface area contributed by atoms with Gasteiger partial charge in [0.1, 0.15) is 0 Å². The van der Waals surface area contributed by atoms with Crippen LogP contribution in [0.25, 0.3) is 0 Å². The van der Waals surface area contributed by atoms with E-state index in [0.717, 1.165) is 12.8 Å². The van der Waals surface area contributed by atoms with Gasteiger partial charge in [-0.3, -0.25) is 9.59 Å². The summed E-state index contributed by atoms with van der Waals surface area (Å²) in [4.78, 5) is 26.4. The SMILES string of the molecule is CCCN(CC(=O)N(C)C)C(=O)C(Br)CC. The van der Waals surface area contributed by atoms with E-state index in [9.17, 15) is 9.59 Å². The van der Waals surface area contributed by atoms with Gasteiger partial charge < -0.3 is 9.80 Å². The van der Waals surface area contributed by atoms with Gasteiger partial charge in [0, 0.05) is 20.6 Å². The second kappa shape index (κ2) is 7.65. The van der Waals surface area contributed by atoms with Crippen molar-refractivity contribution in [2.24, 2.45) is 0 Å². The summed E-state index contributed by atoms with van der Waals surface area (Å²) in [6.07, 6.45) is 1.59. The lowest BCUT2D eigenvalue weighted by atomic mass is 10.2. The topological polar surface area (TPSA) is 40.6 Å². The second-order valence-electron chi connectivity index (χ2n) is 3.92. The molecule has 0 fully saturated rings. The zero-order chi connectivity index (χ0) is 12.7. The average molecular weight is 293 g/mol. The maximum atomic E-state index is 11.9. The number of rotatable bonds is 6. The third-order valence-corrected chi connectivity index (χ3v) is 3.30. The number of amides is 2. The predicted octanol–water partition coefficient (Wildman–Crippen LogP) is 1.49. The summed E-state index contributed by atoms with van der Waals surface area (Å²) >= 11 is 3.32. The van der Waals surface area contributed by atoms with Crippen molar-refractivity contribution in [3.8, 4) is 0 Å². The summed E-state index contributed by atoms with van der Waals surface area (Å²) in [6, 6.07) is 0. The lowest BCUT2D eigenvalue weighted by Gasteiger charge is -2.25. The van der Waals surface area contributed by atoms with Crippen molar-refractivity contribution in [3.63, 3.8) is 0 Å². The van der Waals surface area contributed by atoms with E-state index in [4.69, 9.17) is 0 Å². The molecule has 0 heterocycles. The van der Waals surface area contributed by atoms with Crippen molar-refractivity contribution in [2.75, 3.05) is 27.2 Å². The molecule has 94 valence electrons. The Labute approximate surface area is 106 Å². The van der Waals surface area contributed by atoms with Gasteiger partial charge in [0.2, 0.25) is 11.8 Å². The third kappa shape index (κ3) is 4.96. The summed E-state index contributed by atoms with van der Waals surface area (Å²) in [5.41, 5.74) is 0. The van der Waals surface area contributed by atoms with Crippen molar-refractivity contribution in [3.05, 3.63) is 0 Å². The van der Waals surface area contributed by atoms with Crippen LogP contribution < -0.4 is 0 Å². The number of halogens is 1. The average Bonchev–Trinajstić information content (AvgIpc) is 2.26. The van der Waals surface area contributed by atoms with E-state index in [1.165, 1.54) is 4.90 Å². The molecular formula is C11H21BrN2O2. The molecule has 0 aliphatic carbocycles. The molecule has 1 unspecified atom stereocenters. The Morgan fingerprint density at radius 2 is 1.81 bits per heavy atom. The number of alkyl halides is 1. The van der Waals surface area contributed by atoms with Crippen LogP contribution in [0.5, 0.6) is 0 Å². The highest BCUT2D eigenvalue weighted by atomic mass is 79.9. The lowest BCUT2D eigenvalue weighted by molar-refractivity contribution is -0.138. The molecule has 0 radical (unpaired) electrons. The number of carbonyl (C=O) groups excluding carboxylic acids is 2. The molecule has 5 heteroatoms. The largest absolute Gasteiger partial charge is 0.347 e. The molecule has 0 aromatic carbocycles. The van der Waals surface area contributed by atoms with Gasteiger partial charge in [-0.15, -0.1) is 0 Å². The van der Waals surface area contributed by atoms with Gasteiger partial charge in [-0.1, -0.05) is 29.8 Å². The number of nitrogens with zero attached hydrogens (tertiary/aromatic N) is 2. The molecule has 0 aromatic heterocycles. The van der Waals surface area contributed by atoms with E-state index in [1.807, 2.05) is 13.8 Å². The highest BCUT2D eigenvalue weighted by molar-refractivity contribution is 9.10. The minimum absolute atomic E-state index is 0.000417. The van der Waals surface area contributed by atoms with E-state index in [0.29, 0.717) is 6.54 Å². The molecule has 0 rings (SSSR count). The minimum Gasteiger partial charge on any atom is -0.347 e. The highest BCUT2D eigenvalue weighted by Gasteiger charge is 2.22. The van der Waals surface area contributed by atoms with Crippen LogP contribution in [0.3, 0.4) is 0 Å². The van der Waals surface area contributed by atoms with Crippen LogP contribution in [0.2, 0.25) is 0 Å². The summed E-state index contributed by atoms with van der Waals surface area (Å²) < 4.78 is 0. The smallest absolute Gasteiger partial charge is 0.241 e. The fraction of sp³-hybridized carbons (Fsp3) is 0.818. The summed E-state index contributed by atoms with van der Waals surface area (Å²) in [7, 11) is 3.39. The maximum absolute atomic E-state index is 11.9. The molecule has 16 heavy (non-hydrogen) atoms. The van der Waals surface area contributed by atoms with Crippen molar-refractivity contribution >= 4 is 27.7 Å². The van der Waals surface area contributed by atoms with Crippen molar-refractivity contribution in [1.82, 2.24) is 9.80 Å². The fourth-order valence-electron chi connectivity index (χ4n) is 1.21. The molecule has 0 bridgehead atoms. The van der Waals surface area contributed by atoms with E-state index in [-0.39, 0.29) is 23.2 Å². The van der Waals surface area contributed by atoms with E-state index >= 15 is 0 Å². The van der Waals surface area contributed by atoms with Crippen molar-refractivity contribution in [2.45, 2.75) is 31.5 Å². The molecule has 0 saturated carbocycles. The normalized spacial score (nSPS) is 12.1. The molecule has 4 nitrogen and oxygen atoms in total. The summed E-state index contributed by atoms with van der Waals surface area (Å²) in [5.74, 6) is -0.0443. The van der Waals surface area contributed by atoms with Gasteiger partial charge in [-0.25, -0.2) is 0 Å². The Hall–Kier alpha value is -0.580. The van der Waals surface area contributed by atoms with Crippen LogP contribution in [0, 0.1) is 0 Å². The molecular weight excluding hydrogens is 272 g/mol. The first-order valence-corrected chi connectivity index (χ1v) is 6.48. The van der Waals surface area contributed by atoms with E-state index in [1.54, 1.807) is 19.0 Å². The van der Waals surface area contributed by atoms with Crippen LogP contribution in [-0.2, 0) is 9.59 Å². The zero-order valence-electron chi connectivity index (χ0n) is 10.5. The van der Waals surface area contributed by atoms with E-state index in [2.05, 4.69) is 15.9 Å². The summed E-state index contributed by atoms with van der Waals surface area (Å²) in [5, 5.41) is 0. The molecule has 0 saturated heterocycles. The Balaban J connectivity index is 4.48. The first-order valence-electron chi connectivity index (χ1n) is 5.57. The van der Waals surface area contributed by atoms with Crippen LogP contribution in [0.15, 0.2) is 0 Å². The van der Waals surface area contributed by atoms with Crippen LogP contribution in [0.1, 0.15) is 26.7 Å². The first-order chi connectivity index (χ1) is 7.43. The Bertz CT molecular complexity index is 244. The molecule has 0 aromatic rings. The number of hydrogen-bond acceptors (Lipinski definition) is 2. The standard InChI is InChI=1S/C11H21BrN2O2/c1-5-7-14(8-10(15)13(3)4)11(16)9(12)6-2/h9H,5-8H2,1-4H3. The lowest BCUT2D eigenvalue weighted by Crippen LogP contribution is -2.43. The molecule has 2 amide bonds. The predicted molar refractivity (Wildman–Crippen MR) is 68.6 cm³/mol. The van der Waals surface area contributed by atoms with Gasteiger partial charge in [-0.05, 0) is 12.8 Å². The third-order valence-electron chi connectivity index (χ3n) is 2.26. The second-order valence-corrected chi connectivity index (χ2v) is 5.03. The van der Waals surface area contributed by atoms with Crippen LogP contribution in [-0.4, -0.2) is 53.6 Å². The fourth-order valence-corrected chi connectivity index (χ4v) is 1.50. The molecule has 0 aliphatic rings. The Morgan fingerprint density at radius 1 is 1.25 bits per heavy atom. The Kier molecular flexibility index (Phi) is 7.38. The number of carbonyl (C=O) groups is 2. The highest BCUT2D eigenvalue weighted by Crippen LogP contribution is 2.09. The quantitative estimate of drug-likeness (QED) is 0.696. The Morgan fingerprint density at radius 3 is 2.19 bits per heavy atom. The van der Waals surface area contributed by atoms with Crippen molar-refractivity contribution in [1.29, 1.82) is 0 Å². The van der Waals surface area contributed by atoms with Gasteiger partial charge in [0.15, 0.2) is 0 Å². The van der Waals surface area contributed by atoms with Gasteiger partial charge in [-0.2, -0.15) is 0 Å². The number of likely N-dealkylation sites (N-methyl/N-ethyl adjacent to an activating group) is 1. The van der Waals surface area contributed by atoms with Crippen LogP contribution >= 0.6 is 15.9 Å². The van der Waals surface area contributed by atoms with Gasteiger partial charge in [0.25, 0.3) is 0 Å². The molecule has 1 atom stereocenters. The number of hydrogen-bond donors (Lipinski definition) is 0. The van der Waals surface area contributed by atoms with E-state index < -0.39 is 0 Å². The molecule has 0 N–H and O–H groups in total. The molecule has 0 spiro atoms. The summed E-state index contributed by atoms with van der Waals surface area (Å²) in [6.45, 7) is 4.73. The maximum Gasteiger partial charge on any atom is 0.241 e. The molecule has 0 aliphatic heterocycles. The monoisotopic (exact) mass is 292 g/mol. The van der Waals surface area contributed by atoms with Gasteiger partial charge >= 0.3 is 0 Å².